The Balaban J connectivity index is 1.51. The number of benzene rings is 1. The molecule has 0 aliphatic carbocycles. The molecule has 0 radical (unpaired) electrons. The molecule has 2 fully saturated rings. The summed E-state index contributed by atoms with van der Waals surface area (Å²) in [7, 11) is 1.81. The molecule has 25 nitrogen and oxygen atoms in total. The molecule has 1 aromatic carbocycles. The fourth-order valence-corrected chi connectivity index (χ4v) is 10.6. The molecule has 0 bridgehead atoms. The van der Waals surface area contributed by atoms with Gasteiger partial charge in [-0.2, -0.15) is 12.6 Å². The van der Waals surface area contributed by atoms with Crippen molar-refractivity contribution in [1.82, 2.24) is 52.0 Å². The standard InChI is InChI=1S/C49H73N11O14S2/c1-5-25(2)41-45(70)52-20-39(66)54-35(44(69)53-27(22-61)14-38(50)65)24-76-47-32(31-11-10-30(16-33(31)56-47)74-13-9-7-6-8-12-60-40(67)18-37(75)48(60)72)17-34(43(68)58-49(73)57-41)55-46(71)42(26(3)36(64)23-62)51-19-28-15-29(63)21-59(28)4/h10-11,16,22,25-29,34-37,41-42,51,56,62-64,75H,5-9,12-15,17-21,23-24H2,1-4H3,(H2,50,65)(H,52,70)(H,53,69)(H,54,66)(H,55,71)(H2,57,58,68,73). The van der Waals surface area contributed by atoms with Gasteiger partial charge in [0.15, 0.2) is 0 Å². The van der Waals surface area contributed by atoms with Crippen LogP contribution in [-0.4, -0.2) is 196 Å². The summed E-state index contributed by atoms with van der Waals surface area (Å²) in [6, 6.07) is -3.09. The van der Waals surface area contributed by atoms with Crippen LogP contribution in [0.2, 0.25) is 0 Å². The number of aromatic amines is 1. The molecule has 11 unspecified atom stereocenters. The summed E-state index contributed by atoms with van der Waals surface area (Å²) < 4.78 is 6.11. The van der Waals surface area contributed by atoms with Crippen molar-refractivity contribution in [3.63, 3.8) is 0 Å². The molecule has 2 saturated heterocycles. The molecule has 3 aliphatic heterocycles. The van der Waals surface area contributed by atoms with Gasteiger partial charge in [0.1, 0.15) is 30.2 Å². The number of amides is 10. The number of aliphatic hydroxyl groups excluding tert-OH is 3. The van der Waals surface area contributed by atoms with E-state index in [9.17, 15) is 63.3 Å². The first-order valence-electron chi connectivity index (χ1n) is 25.5. The zero-order chi connectivity index (χ0) is 55.8. The molecular weight excluding hydrogens is 1030 g/mol. The molecule has 420 valence electrons. The number of hydrogen-bond donors (Lipinski definition) is 13. The van der Waals surface area contributed by atoms with E-state index in [1.54, 1.807) is 32.0 Å². The molecule has 11 atom stereocenters. The van der Waals surface area contributed by atoms with Crippen molar-refractivity contribution in [2.45, 2.75) is 137 Å². The number of rotatable bonds is 23. The van der Waals surface area contributed by atoms with Crippen molar-refractivity contribution in [2.24, 2.45) is 17.6 Å². The highest BCUT2D eigenvalue weighted by atomic mass is 32.2. The summed E-state index contributed by atoms with van der Waals surface area (Å²) in [5.41, 5.74) is 6.18. The fraction of sp³-hybridized carbons (Fsp3) is 0.633. The lowest BCUT2D eigenvalue weighted by Gasteiger charge is -2.31. The maximum Gasteiger partial charge on any atom is 0.322 e. The third kappa shape index (κ3) is 17.1. The van der Waals surface area contributed by atoms with E-state index in [0.29, 0.717) is 78.9 Å². The Hall–Kier alpha value is -5.84. The smallest absolute Gasteiger partial charge is 0.322 e. The number of urea groups is 1. The number of likely N-dealkylation sites (tertiary alicyclic amines) is 2. The average Bonchev–Trinajstić information content (AvgIpc) is 3.98. The molecule has 4 heterocycles. The van der Waals surface area contributed by atoms with Crippen LogP contribution in [0.3, 0.4) is 0 Å². The van der Waals surface area contributed by atoms with Gasteiger partial charge in [0.2, 0.25) is 41.4 Å². The number of carbonyl (C=O) groups excluding carboxylic acids is 10. The Morgan fingerprint density at radius 3 is 2.42 bits per heavy atom. The first-order valence-corrected chi connectivity index (χ1v) is 27.0. The van der Waals surface area contributed by atoms with Crippen molar-refractivity contribution in [1.29, 1.82) is 0 Å². The Morgan fingerprint density at radius 1 is 1.04 bits per heavy atom. The number of hydrogen-bond acceptors (Lipinski definition) is 18. The third-order valence-corrected chi connectivity index (χ3v) is 15.4. The maximum atomic E-state index is 14.6. The van der Waals surface area contributed by atoms with E-state index >= 15 is 0 Å². The van der Waals surface area contributed by atoms with Crippen LogP contribution in [0.25, 0.3) is 10.9 Å². The summed E-state index contributed by atoms with van der Waals surface area (Å²) in [4.78, 5) is 138. The molecule has 76 heavy (non-hydrogen) atoms. The number of ether oxygens (including phenoxy) is 1. The summed E-state index contributed by atoms with van der Waals surface area (Å²) >= 11 is 5.18. The summed E-state index contributed by atoms with van der Waals surface area (Å²) in [5, 5.41) is 49.5. The number of fused-ring (bicyclic) bond motifs is 3. The highest BCUT2D eigenvalue weighted by Gasteiger charge is 2.38. The Kier molecular flexibility index (Phi) is 23.3. The summed E-state index contributed by atoms with van der Waals surface area (Å²) in [6.07, 6.45) is 1.02. The number of carbonyl (C=O) groups is 10. The number of nitrogens with one attached hydrogen (secondary N) is 8. The second-order valence-corrected chi connectivity index (χ2v) is 21.3. The van der Waals surface area contributed by atoms with Crippen LogP contribution in [0.15, 0.2) is 23.2 Å². The molecule has 5 rings (SSSR count). The largest absolute Gasteiger partial charge is 0.494 e. The number of nitrogens with two attached hydrogens (primary N) is 1. The number of aliphatic hydroxyl groups is 3. The van der Waals surface area contributed by atoms with E-state index in [1.165, 1.54) is 11.8 Å². The number of β-amino-alcohol motifs (C(OH)–C–C–N with tert-alkyl or cyclic N) is 1. The van der Waals surface area contributed by atoms with Gasteiger partial charge in [0.05, 0.1) is 66.3 Å². The number of likely N-dealkylation sites (N-methyl/N-ethyl adjacent to an activating group) is 1. The quantitative estimate of drug-likeness (QED) is 0.0241. The van der Waals surface area contributed by atoms with Crippen LogP contribution in [0.5, 0.6) is 5.75 Å². The summed E-state index contributed by atoms with van der Waals surface area (Å²) in [6.45, 7) is 4.76. The van der Waals surface area contributed by atoms with Gasteiger partial charge in [-0.25, -0.2) is 4.79 Å². The topological polar surface area (TPSA) is 373 Å². The number of H-pyrrole nitrogens is 1. The molecule has 1 aromatic heterocycles. The SMILES string of the molecule is CCC(C)C1NC(=O)NC(=O)C(NC(=O)C(NCC2CC(O)CN2C)C(C)C(O)CO)Cc2c([nH]c3cc(OCCCCCCN4C(=O)CC(S)C4=O)ccc23)SCC(C(=O)NC(C=O)CC(N)=O)NC(=O)CNC1=O. The molecule has 3 aliphatic rings. The van der Waals surface area contributed by atoms with Crippen molar-refractivity contribution >= 4 is 94.9 Å². The lowest BCUT2D eigenvalue weighted by molar-refractivity contribution is -0.138. The van der Waals surface area contributed by atoms with Gasteiger partial charge in [-0.1, -0.05) is 40.0 Å². The summed E-state index contributed by atoms with van der Waals surface area (Å²) in [5.74, 6) is -7.00. The minimum absolute atomic E-state index is 0.0920. The second kappa shape index (κ2) is 29.1. The van der Waals surface area contributed by atoms with Crippen LogP contribution in [-0.2, 0) is 49.6 Å². The van der Waals surface area contributed by atoms with Crippen LogP contribution >= 0.6 is 24.4 Å². The molecular formula is C49H73N11O14S2. The van der Waals surface area contributed by atoms with Gasteiger partial charge in [-0.15, -0.1) is 11.8 Å². The van der Waals surface area contributed by atoms with Gasteiger partial charge in [-0.3, -0.25) is 53.5 Å². The highest BCUT2D eigenvalue weighted by Crippen LogP contribution is 2.34. The van der Waals surface area contributed by atoms with E-state index < -0.39 is 121 Å². The number of imide groups is 2. The Morgan fingerprint density at radius 2 is 1.78 bits per heavy atom. The molecule has 27 heteroatoms. The lowest BCUT2D eigenvalue weighted by Crippen LogP contribution is -2.60. The van der Waals surface area contributed by atoms with Gasteiger partial charge in [0.25, 0.3) is 5.91 Å². The number of thiol groups is 1. The molecule has 10 amide bonds. The number of unbranched alkanes of at least 4 members (excludes halogenated alkanes) is 3. The predicted molar refractivity (Wildman–Crippen MR) is 280 cm³/mol. The molecule has 0 spiro atoms. The average molecular weight is 1100 g/mol. The normalized spacial score (nSPS) is 24.2. The van der Waals surface area contributed by atoms with E-state index in [1.807, 2.05) is 11.9 Å². The van der Waals surface area contributed by atoms with E-state index in [-0.39, 0.29) is 43.0 Å². The fourth-order valence-electron chi connectivity index (χ4n) is 9.16. The Labute approximate surface area is 449 Å². The highest BCUT2D eigenvalue weighted by molar-refractivity contribution is 7.99. The number of primary amides is 1. The van der Waals surface area contributed by atoms with Crippen molar-refractivity contribution in [3.8, 4) is 5.75 Å². The third-order valence-electron chi connectivity index (χ3n) is 13.9. The van der Waals surface area contributed by atoms with Gasteiger partial charge < -0.3 is 67.5 Å². The monoisotopic (exact) mass is 1100 g/mol. The van der Waals surface area contributed by atoms with Crippen LogP contribution in [0.1, 0.15) is 77.7 Å². The maximum absolute atomic E-state index is 14.6. The molecule has 2 aromatic rings. The van der Waals surface area contributed by atoms with Crippen molar-refractivity contribution < 1.29 is 68.0 Å². The van der Waals surface area contributed by atoms with E-state index in [0.717, 1.165) is 24.6 Å². The zero-order valence-electron chi connectivity index (χ0n) is 43.1. The molecule has 0 saturated carbocycles. The van der Waals surface area contributed by atoms with Crippen molar-refractivity contribution in [2.75, 3.05) is 52.2 Å². The first-order chi connectivity index (χ1) is 36.1. The van der Waals surface area contributed by atoms with Gasteiger partial charge in [0, 0.05) is 61.6 Å². The minimum Gasteiger partial charge on any atom is -0.494 e. The van der Waals surface area contributed by atoms with Crippen molar-refractivity contribution in [3.05, 3.63) is 23.8 Å². The van der Waals surface area contributed by atoms with Gasteiger partial charge >= 0.3 is 6.03 Å². The second-order valence-electron chi connectivity index (χ2n) is 19.6. The number of nitrogens with zero attached hydrogens (tertiary/aromatic N) is 2. The molecule has 13 N–H and O–H groups in total. The zero-order valence-corrected chi connectivity index (χ0v) is 44.8. The van der Waals surface area contributed by atoms with E-state index in [4.69, 9.17) is 10.5 Å². The van der Waals surface area contributed by atoms with Gasteiger partial charge in [-0.05, 0) is 49.9 Å². The predicted octanol–water partition coefficient (Wildman–Crippen LogP) is -2.29. The van der Waals surface area contributed by atoms with Crippen LogP contribution in [0.4, 0.5) is 4.79 Å². The lowest BCUT2D eigenvalue weighted by atomic mass is 9.94. The van der Waals surface area contributed by atoms with E-state index in [2.05, 4.69) is 54.8 Å². The Bertz CT molecular complexity index is 2430. The first kappa shape index (κ1) is 61.0. The number of aldehydes is 1. The number of aromatic nitrogens is 1. The van der Waals surface area contributed by atoms with Crippen LogP contribution in [0, 0.1) is 11.8 Å². The minimum atomic E-state index is -1.57. The number of thioether (sulfide) groups is 1. The van der Waals surface area contributed by atoms with Crippen LogP contribution < -0.4 is 47.7 Å².